The summed E-state index contributed by atoms with van der Waals surface area (Å²) in [6.07, 6.45) is -1.08. The maximum atomic E-state index is 12.0. The van der Waals surface area contributed by atoms with Crippen LogP contribution in [-0.4, -0.2) is 54.7 Å². The highest BCUT2D eigenvalue weighted by Gasteiger charge is 2.28. The Hall–Kier alpha value is -1.30. The minimum atomic E-state index is -2.80. The Morgan fingerprint density at radius 1 is 1.35 bits per heavy atom. The second kappa shape index (κ2) is 5.86. The van der Waals surface area contributed by atoms with E-state index in [1.54, 1.807) is 20.8 Å². The first-order valence-electron chi connectivity index (χ1n) is 6.65. The third kappa shape index (κ3) is 5.04. The van der Waals surface area contributed by atoms with Gasteiger partial charge in [0.1, 0.15) is 11.6 Å². The van der Waals surface area contributed by atoms with Crippen LogP contribution < -0.4 is 0 Å². The number of rotatable bonds is 3. The summed E-state index contributed by atoms with van der Waals surface area (Å²) in [4.78, 5) is 29.1. The lowest BCUT2D eigenvalue weighted by atomic mass is 10.2. The lowest BCUT2D eigenvalue weighted by molar-refractivity contribution is -0.173. The van der Waals surface area contributed by atoms with Gasteiger partial charge in [0.2, 0.25) is 0 Å². The van der Waals surface area contributed by atoms with Gasteiger partial charge in [0.25, 0.3) is 5.91 Å². The molecule has 0 aliphatic heterocycles. The monoisotopic (exact) mass is 249 g/mol. The number of hydrogen-bond donors (Lipinski definition) is 0. The Labute approximate surface area is 107 Å². The molecule has 6 nitrogen and oxygen atoms in total. The Morgan fingerprint density at radius 2 is 1.88 bits per heavy atom. The number of amides is 2. The van der Waals surface area contributed by atoms with Gasteiger partial charge in [-0.3, -0.25) is 14.5 Å². The number of ether oxygens (including phenoxy) is 1. The van der Waals surface area contributed by atoms with Gasteiger partial charge < -0.3 is 4.74 Å². The van der Waals surface area contributed by atoms with E-state index in [4.69, 9.17) is 13.7 Å². The molecule has 0 radical (unpaired) electrons. The Bertz CT molecular complexity index is 366. The number of nitrogens with zero attached hydrogens (tertiary/aromatic N) is 2. The molecule has 0 aliphatic carbocycles. The summed E-state index contributed by atoms with van der Waals surface area (Å²) in [5, 5.41) is 0.855. The molecular formula is C11H22N2O4. The summed E-state index contributed by atoms with van der Waals surface area (Å²) in [7, 11) is 2.59. The van der Waals surface area contributed by atoms with E-state index in [1.807, 2.05) is 0 Å². The molecule has 100 valence electrons. The highest BCUT2D eigenvalue weighted by Crippen LogP contribution is 2.11. The molecule has 17 heavy (non-hydrogen) atoms. The van der Waals surface area contributed by atoms with Crippen LogP contribution >= 0.6 is 0 Å². The maximum absolute atomic E-state index is 12.0. The van der Waals surface area contributed by atoms with Crippen LogP contribution in [0.5, 0.6) is 0 Å². The van der Waals surface area contributed by atoms with Crippen molar-refractivity contribution in [3.05, 3.63) is 0 Å². The van der Waals surface area contributed by atoms with Crippen molar-refractivity contribution >= 4 is 12.0 Å². The predicted molar refractivity (Wildman–Crippen MR) is 63.2 cm³/mol. The molecular weight excluding hydrogens is 224 g/mol. The molecule has 0 aromatic carbocycles. The Morgan fingerprint density at radius 3 is 2.24 bits per heavy atom. The molecule has 2 amide bonds. The number of hydrogen-bond acceptors (Lipinski definition) is 4. The van der Waals surface area contributed by atoms with Crippen molar-refractivity contribution in [2.45, 2.75) is 39.3 Å². The van der Waals surface area contributed by atoms with Gasteiger partial charge in [-0.05, 0) is 27.7 Å². The molecule has 1 atom stereocenters. The molecule has 0 heterocycles. The van der Waals surface area contributed by atoms with Crippen LogP contribution in [0.2, 0.25) is 0 Å². The van der Waals surface area contributed by atoms with Crippen molar-refractivity contribution in [3.8, 4) is 0 Å². The SMILES string of the molecule is [2H]C([2H])([2H])N(C(=O)OC(C)(C)C)[C@H](C)C(=O)N(C)OC. The lowest BCUT2D eigenvalue weighted by Gasteiger charge is -2.29. The fraction of sp³-hybridized carbons (Fsp3) is 0.818. The van der Waals surface area contributed by atoms with Gasteiger partial charge in [-0.25, -0.2) is 9.86 Å². The Kier molecular flexibility index (Phi) is 3.73. The molecule has 0 aromatic rings. The van der Waals surface area contributed by atoms with Gasteiger partial charge in [-0.2, -0.15) is 0 Å². The largest absolute Gasteiger partial charge is 0.444 e. The summed E-state index contributed by atoms with van der Waals surface area (Å²) in [6.45, 7) is 3.32. The van der Waals surface area contributed by atoms with Gasteiger partial charge in [0, 0.05) is 18.1 Å². The summed E-state index contributed by atoms with van der Waals surface area (Å²) < 4.78 is 27.2. The van der Waals surface area contributed by atoms with E-state index in [0.29, 0.717) is 4.90 Å². The normalized spacial score (nSPS) is 16.2. The van der Waals surface area contributed by atoms with Crippen LogP contribution in [0.1, 0.15) is 31.8 Å². The number of likely N-dealkylation sites (N-methyl/N-ethyl adjacent to an activating group) is 2. The molecule has 6 heteroatoms. The Balaban J connectivity index is 5.28. The van der Waals surface area contributed by atoms with Crippen molar-refractivity contribution in [2.75, 3.05) is 21.1 Å². The highest BCUT2D eigenvalue weighted by atomic mass is 16.7. The van der Waals surface area contributed by atoms with Gasteiger partial charge >= 0.3 is 6.09 Å². The average molecular weight is 249 g/mol. The van der Waals surface area contributed by atoms with Crippen LogP contribution in [-0.2, 0) is 14.4 Å². The van der Waals surface area contributed by atoms with E-state index in [9.17, 15) is 9.59 Å². The van der Waals surface area contributed by atoms with Crippen LogP contribution in [0.3, 0.4) is 0 Å². The molecule has 0 fully saturated rings. The highest BCUT2D eigenvalue weighted by molar-refractivity contribution is 5.84. The second-order valence-corrected chi connectivity index (χ2v) is 4.54. The van der Waals surface area contributed by atoms with E-state index < -0.39 is 30.6 Å². The summed E-state index contributed by atoms with van der Waals surface area (Å²) in [6, 6.07) is -1.25. The molecule has 0 aliphatic rings. The first-order valence-corrected chi connectivity index (χ1v) is 5.15. The first-order chi connectivity index (χ1) is 8.81. The lowest BCUT2D eigenvalue weighted by Crippen LogP contribution is -2.47. The van der Waals surface area contributed by atoms with Crippen molar-refractivity contribution in [1.82, 2.24) is 9.96 Å². The second-order valence-electron chi connectivity index (χ2n) is 4.54. The molecule has 0 bridgehead atoms. The quantitative estimate of drug-likeness (QED) is 0.707. The predicted octanol–water partition coefficient (Wildman–Crippen LogP) is 1.26. The van der Waals surface area contributed by atoms with Crippen LogP contribution in [0.15, 0.2) is 0 Å². The molecule has 0 unspecified atom stereocenters. The zero-order valence-electron chi connectivity index (χ0n) is 14.1. The average Bonchev–Trinajstić information content (AvgIpc) is 2.22. The third-order valence-corrected chi connectivity index (χ3v) is 1.92. The zero-order chi connectivity index (χ0) is 16.3. The number of carbonyl (C=O) groups excluding carboxylic acids is 2. The van der Waals surface area contributed by atoms with Gasteiger partial charge in [-0.15, -0.1) is 0 Å². The first kappa shape index (κ1) is 10.8. The van der Waals surface area contributed by atoms with Crippen molar-refractivity contribution in [3.63, 3.8) is 0 Å². The van der Waals surface area contributed by atoms with Crippen LogP contribution in [0.25, 0.3) is 0 Å². The van der Waals surface area contributed by atoms with Gasteiger partial charge in [0.15, 0.2) is 0 Å². The minimum Gasteiger partial charge on any atom is -0.444 e. The molecule has 0 aromatic heterocycles. The summed E-state index contributed by atoms with van der Waals surface area (Å²) in [5.41, 5.74) is -0.865. The van der Waals surface area contributed by atoms with E-state index in [1.165, 1.54) is 21.1 Å². The molecule has 0 spiro atoms. The standard InChI is InChI=1S/C11H22N2O4/c1-8(9(14)13(6)16-7)12(5)10(15)17-11(2,3)4/h8H,1-7H3/t8-/m1/s1/i5D3. The fourth-order valence-corrected chi connectivity index (χ4v) is 0.933. The topological polar surface area (TPSA) is 59.1 Å². The van der Waals surface area contributed by atoms with Crippen molar-refractivity contribution < 1.29 is 23.3 Å². The van der Waals surface area contributed by atoms with Gasteiger partial charge in [0.05, 0.1) is 7.11 Å². The molecule has 0 rings (SSSR count). The van der Waals surface area contributed by atoms with E-state index in [2.05, 4.69) is 0 Å². The van der Waals surface area contributed by atoms with E-state index in [-0.39, 0.29) is 0 Å². The number of hydroxylamine groups is 2. The summed E-state index contributed by atoms with van der Waals surface area (Å²) in [5.74, 6) is -0.672. The number of carbonyl (C=O) groups is 2. The van der Waals surface area contributed by atoms with Gasteiger partial charge in [-0.1, -0.05) is 0 Å². The smallest absolute Gasteiger partial charge is 0.410 e. The molecule has 0 N–H and O–H groups in total. The maximum Gasteiger partial charge on any atom is 0.410 e. The zero-order valence-corrected chi connectivity index (χ0v) is 11.1. The van der Waals surface area contributed by atoms with Crippen molar-refractivity contribution in [2.24, 2.45) is 0 Å². The fourth-order valence-electron chi connectivity index (χ4n) is 0.933. The third-order valence-electron chi connectivity index (χ3n) is 1.92. The van der Waals surface area contributed by atoms with E-state index >= 15 is 0 Å². The van der Waals surface area contributed by atoms with Crippen molar-refractivity contribution in [1.29, 1.82) is 0 Å². The van der Waals surface area contributed by atoms with Crippen LogP contribution in [0, 0.1) is 0 Å². The van der Waals surface area contributed by atoms with E-state index in [0.717, 1.165) is 5.06 Å². The molecule has 0 saturated carbocycles. The minimum absolute atomic E-state index is 0.427. The molecule has 0 saturated heterocycles. The van der Waals surface area contributed by atoms with Crippen LogP contribution in [0.4, 0.5) is 4.79 Å². The summed E-state index contributed by atoms with van der Waals surface area (Å²) >= 11 is 0.